The number of carbonyl (C=O) groups is 2. The molecule has 9 nitrogen and oxygen atoms in total. The topological polar surface area (TPSA) is 109 Å². The summed E-state index contributed by atoms with van der Waals surface area (Å²) >= 11 is 5.85. The monoisotopic (exact) mass is 571 g/mol. The zero-order valence-electron chi connectivity index (χ0n) is 21.7. The molecule has 0 radical (unpaired) electrons. The number of imidazole rings is 1. The molecule has 3 N–H and O–H groups in total. The number of allylic oxidation sites excluding steroid dienone is 1. The lowest BCUT2D eigenvalue weighted by atomic mass is 10.0. The number of ether oxygens (including phenoxy) is 2. The van der Waals surface area contributed by atoms with E-state index in [1.807, 2.05) is 6.07 Å². The quantitative estimate of drug-likeness (QED) is 0.284. The van der Waals surface area contributed by atoms with Crippen molar-refractivity contribution in [2.45, 2.75) is 44.2 Å². The number of fused-ring (bicyclic) bond motifs is 4. The molecule has 2 aromatic carbocycles. The Morgan fingerprint density at radius 3 is 2.85 bits per heavy atom. The van der Waals surface area contributed by atoms with Crippen molar-refractivity contribution in [3.05, 3.63) is 76.8 Å². The SMILES string of the molecule is C=C1CCCC[C@H](N2CC[C@H](c3c(F)ccc(Cl)c3F)OC2=O)c2ncc([nH]2)-c2ccc(NC(=O)OC)cc2N1. The van der Waals surface area contributed by atoms with Gasteiger partial charge >= 0.3 is 12.2 Å². The highest BCUT2D eigenvalue weighted by molar-refractivity contribution is 6.30. The fraction of sp³-hybridized carbons (Fsp3) is 0.321. The molecule has 0 aliphatic carbocycles. The predicted molar refractivity (Wildman–Crippen MR) is 146 cm³/mol. The zero-order valence-corrected chi connectivity index (χ0v) is 22.5. The second-order valence-corrected chi connectivity index (χ2v) is 10.1. The van der Waals surface area contributed by atoms with E-state index in [4.69, 9.17) is 21.1 Å². The van der Waals surface area contributed by atoms with Crippen molar-refractivity contribution >= 4 is 35.2 Å². The molecule has 1 aromatic heterocycles. The summed E-state index contributed by atoms with van der Waals surface area (Å²) in [4.78, 5) is 34.4. The second-order valence-electron chi connectivity index (χ2n) is 9.66. The molecule has 1 saturated heterocycles. The third-order valence-electron chi connectivity index (χ3n) is 7.06. The van der Waals surface area contributed by atoms with Gasteiger partial charge < -0.3 is 19.8 Å². The molecule has 2 atom stereocenters. The summed E-state index contributed by atoms with van der Waals surface area (Å²) in [5.74, 6) is -1.17. The Hall–Kier alpha value is -4.12. The summed E-state index contributed by atoms with van der Waals surface area (Å²) in [6.45, 7) is 4.35. The van der Waals surface area contributed by atoms with E-state index in [0.717, 1.165) is 36.2 Å². The molecule has 3 aromatic rings. The maximum Gasteiger partial charge on any atom is 0.411 e. The summed E-state index contributed by atoms with van der Waals surface area (Å²) in [5, 5.41) is 5.75. The number of hydrogen-bond donors (Lipinski definition) is 3. The Morgan fingerprint density at radius 2 is 2.08 bits per heavy atom. The van der Waals surface area contributed by atoms with Crippen molar-refractivity contribution in [3.8, 4) is 11.3 Å². The van der Waals surface area contributed by atoms with Crippen LogP contribution in [-0.4, -0.2) is 40.7 Å². The van der Waals surface area contributed by atoms with Crippen LogP contribution in [0.25, 0.3) is 11.3 Å². The third-order valence-corrected chi connectivity index (χ3v) is 7.35. The van der Waals surface area contributed by atoms with Crippen molar-refractivity contribution < 1.29 is 27.8 Å². The standard InChI is InChI=1S/C28H28ClF2N5O4/c1-15-5-3-4-6-22(36-12-11-23(40-28(36)38)24-19(30)10-9-18(29)25(24)31)26-32-14-21(35-26)17-8-7-16(13-20(17)33-15)34-27(37)39-2/h7-10,13-14,22-23,33H,1,3-6,11-12H2,2H3,(H,32,35)(H,34,37)/t22-,23+/m0/s1. The van der Waals surface area contributed by atoms with E-state index in [0.29, 0.717) is 35.7 Å². The first-order valence-electron chi connectivity index (χ1n) is 12.8. The van der Waals surface area contributed by atoms with Gasteiger partial charge in [-0.3, -0.25) is 10.2 Å². The van der Waals surface area contributed by atoms with Gasteiger partial charge in [0.1, 0.15) is 17.7 Å². The molecule has 12 heteroatoms. The van der Waals surface area contributed by atoms with Gasteiger partial charge in [-0.1, -0.05) is 24.6 Å². The van der Waals surface area contributed by atoms with E-state index < -0.39 is 36.0 Å². The molecule has 0 unspecified atom stereocenters. The van der Waals surface area contributed by atoms with Gasteiger partial charge in [0, 0.05) is 35.6 Å². The molecule has 2 bridgehead atoms. The zero-order chi connectivity index (χ0) is 28.4. The lowest BCUT2D eigenvalue weighted by Crippen LogP contribution is -2.42. The summed E-state index contributed by atoms with van der Waals surface area (Å²) in [5.41, 5.74) is 3.16. The minimum Gasteiger partial charge on any atom is -0.453 e. The number of nitrogens with one attached hydrogen (secondary N) is 3. The second kappa shape index (κ2) is 11.5. The summed E-state index contributed by atoms with van der Waals surface area (Å²) in [7, 11) is 1.29. The fourth-order valence-corrected chi connectivity index (χ4v) is 5.23. The van der Waals surface area contributed by atoms with Crippen LogP contribution < -0.4 is 10.6 Å². The fourth-order valence-electron chi connectivity index (χ4n) is 5.06. The van der Waals surface area contributed by atoms with Crippen LogP contribution >= 0.6 is 11.6 Å². The first-order valence-corrected chi connectivity index (χ1v) is 13.2. The molecular weight excluding hydrogens is 544 g/mol. The predicted octanol–water partition coefficient (Wildman–Crippen LogP) is 7.31. The minimum absolute atomic E-state index is 0.184. The number of halogens is 3. The normalized spacial score (nSPS) is 19.4. The maximum absolute atomic E-state index is 14.6. The third kappa shape index (κ3) is 5.60. The molecule has 2 aliphatic rings. The number of anilines is 2. The summed E-state index contributed by atoms with van der Waals surface area (Å²) in [6, 6.07) is 7.09. The number of aromatic amines is 1. The number of hydrogen-bond acceptors (Lipinski definition) is 6. The van der Waals surface area contributed by atoms with E-state index in [1.165, 1.54) is 7.11 Å². The van der Waals surface area contributed by atoms with E-state index in [2.05, 4.69) is 27.2 Å². The van der Waals surface area contributed by atoms with Gasteiger partial charge in [-0.05, 0) is 49.6 Å². The van der Waals surface area contributed by atoms with Crippen LogP contribution in [0.5, 0.6) is 0 Å². The highest BCUT2D eigenvalue weighted by atomic mass is 35.5. The number of cyclic esters (lactones) is 1. The molecular formula is C28H28ClF2N5O4. The van der Waals surface area contributed by atoms with Crippen LogP contribution in [0.1, 0.15) is 55.6 Å². The van der Waals surface area contributed by atoms with E-state index >= 15 is 0 Å². The van der Waals surface area contributed by atoms with Crippen LogP contribution in [0, 0.1) is 11.6 Å². The van der Waals surface area contributed by atoms with Crippen molar-refractivity contribution in [3.63, 3.8) is 0 Å². The Morgan fingerprint density at radius 1 is 1.25 bits per heavy atom. The number of carbonyl (C=O) groups excluding carboxylic acids is 2. The number of amides is 2. The van der Waals surface area contributed by atoms with Gasteiger partial charge in [0.25, 0.3) is 0 Å². The Bertz CT molecular complexity index is 1460. The lowest BCUT2D eigenvalue weighted by Gasteiger charge is -2.36. The van der Waals surface area contributed by atoms with Crippen LogP contribution in [0.3, 0.4) is 0 Å². The Kier molecular flexibility index (Phi) is 7.92. The molecule has 3 heterocycles. The first kappa shape index (κ1) is 27.4. The van der Waals surface area contributed by atoms with E-state index in [-0.39, 0.29) is 23.6 Å². The molecule has 5 rings (SSSR count). The number of nitrogens with zero attached hydrogens (tertiary/aromatic N) is 2. The average Bonchev–Trinajstić information content (AvgIpc) is 3.41. The molecule has 210 valence electrons. The van der Waals surface area contributed by atoms with E-state index in [9.17, 15) is 18.4 Å². The maximum atomic E-state index is 14.6. The smallest absolute Gasteiger partial charge is 0.411 e. The van der Waals surface area contributed by atoms with Gasteiger partial charge in [0.05, 0.1) is 35.6 Å². The van der Waals surface area contributed by atoms with Crippen LogP contribution in [0.2, 0.25) is 5.02 Å². The number of rotatable bonds is 3. The number of methoxy groups -OCH3 is 1. The largest absolute Gasteiger partial charge is 0.453 e. The average molecular weight is 572 g/mol. The molecule has 0 saturated carbocycles. The van der Waals surface area contributed by atoms with Crippen LogP contribution in [0.4, 0.5) is 29.7 Å². The van der Waals surface area contributed by atoms with Gasteiger partial charge in [-0.2, -0.15) is 0 Å². The molecule has 1 fully saturated rings. The van der Waals surface area contributed by atoms with Crippen molar-refractivity contribution in [1.29, 1.82) is 0 Å². The van der Waals surface area contributed by atoms with E-state index in [1.54, 1.807) is 23.2 Å². The molecule has 2 amide bonds. The van der Waals surface area contributed by atoms with Gasteiger partial charge in [0.15, 0.2) is 5.82 Å². The van der Waals surface area contributed by atoms with Gasteiger partial charge in [-0.15, -0.1) is 0 Å². The van der Waals surface area contributed by atoms with Crippen LogP contribution in [0.15, 0.2) is 48.8 Å². The van der Waals surface area contributed by atoms with Gasteiger partial charge in [0.2, 0.25) is 0 Å². The first-order chi connectivity index (χ1) is 19.2. The lowest BCUT2D eigenvalue weighted by molar-refractivity contribution is 0.00438. The Balaban J connectivity index is 1.43. The van der Waals surface area contributed by atoms with Gasteiger partial charge in [-0.25, -0.2) is 23.4 Å². The number of benzene rings is 2. The molecule has 40 heavy (non-hydrogen) atoms. The number of H-pyrrole nitrogens is 1. The van der Waals surface area contributed by atoms with Crippen molar-refractivity contribution in [2.24, 2.45) is 0 Å². The summed E-state index contributed by atoms with van der Waals surface area (Å²) < 4.78 is 39.3. The highest BCUT2D eigenvalue weighted by Gasteiger charge is 2.37. The van der Waals surface area contributed by atoms with Crippen molar-refractivity contribution in [1.82, 2.24) is 14.9 Å². The minimum atomic E-state index is -1.09. The summed E-state index contributed by atoms with van der Waals surface area (Å²) in [6.07, 6.45) is 2.31. The molecule has 2 aliphatic heterocycles. The molecule has 0 spiro atoms. The Labute approximate surface area is 234 Å². The van der Waals surface area contributed by atoms with Crippen molar-refractivity contribution in [2.75, 3.05) is 24.3 Å². The van der Waals surface area contributed by atoms with Crippen LogP contribution in [-0.2, 0) is 9.47 Å². The number of aromatic nitrogens is 2. The highest BCUT2D eigenvalue weighted by Crippen LogP contribution is 2.38.